The van der Waals surface area contributed by atoms with E-state index in [4.69, 9.17) is 9.26 Å². The zero-order chi connectivity index (χ0) is 13.7. The Morgan fingerprint density at radius 3 is 3.00 bits per heavy atom. The fraction of sp³-hybridized carbons (Fsp3) is 0.714. The number of ether oxygens (including phenoxy) is 1. The Kier molecular flexibility index (Phi) is 4.96. The minimum Gasteiger partial charge on any atom is -0.376 e. The normalized spacial score (nSPS) is 23.3. The molecule has 1 aliphatic rings. The van der Waals surface area contributed by atoms with Gasteiger partial charge in [-0.3, -0.25) is 4.79 Å². The van der Waals surface area contributed by atoms with Crippen LogP contribution in [-0.2, 0) is 4.74 Å². The van der Waals surface area contributed by atoms with E-state index in [1.807, 2.05) is 0 Å². The van der Waals surface area contributed by atoms with Crippen LogP contribution in [0.5, 0.6) is 0 Å². The van der Waals surface area contributed by atoms with Gasteiger partial charge in [0.2, 0.25) is 0 Å². The summed E-state index contributed by atoms with van der Waals surface area (Å²) in [7, 11) is 0. The highest BCUT2D eigenvalue weighted by molar-refractivity contribution is 5.92. The van der Waals surface area contributed by atoms with Gasteiger partial charge in [0.05, 0.1) is 12.7 Å². The van der Waals surface area contributed by atoms with Gasteiger partial charge in [-0.1, -0.05) is 24.9 Å². The van der Waals surface area contributed by atoms with E-state index >= 15 is 0 Å². The molecule has 5 heteroatoms. The molecule has 2 rings (SSSR count). The van der Waals surface area contributed by atoms with Crippen molar-refractivity contribution in [1.82, 2.24) is 10.5 Å². The number of nitrogens with zero attached hydrogens (tertiary/aromatic N) is 1. The monoisotopic (exact) mass is 266 g/mol. The molecule has 0 aliphatic heterocycles. The number of aromatic nitrogens is 1. The first-order chi connectivity index (χ1) is 9.16. The Hall–Kier alpha value is -1.36. The Balaban J connectivity index is 1.65. The van der Waals surface area contributed by atoms with Crippen LogP contribution in [0.4, 0.5) is 0 Å². The van der Waals surface area contributed by atoms with Crippen molar-refractivity contribution in [2.45, 2.75) is 45.6 Å². The average Bonchev–Trinajstić information content (AvgIpc) is 2.83. The SMILES string of the molecule is Cc1cc(C(=O)NCCOC2CCCCC2C)no1. The van der Waals surface area contributed by atoms with Crippen molar-refractivity contribution >= 4 is 5.91 Å². The zero-order valence-electron chi connectivity index (χ0n) is 11.6. The van der Waals surface area contributed by atoms with Gasteiger partial charge < -0.3 is 14.6 Å². The van der Waals surface area contributed by atoms with Crippen molar-refractivity contribution in [3.63, 3.8) is 0 Å². The summed E-state index contributed by atoms with van der Waals surface area (Å²) in [6.45, 7) is 5.06. The topological polar surface area (TPSA) is 64.4 Å². The van der Waals surface area contributed by atoms with Gasteiger partial charge in [-0.15, -0.1) is 0 Å². The maximum atomic E-state index is 11.7. The number of rotatable bonds is 5. The lowest BCUT2D eigenvalue weighted by Gasteiger charge is -2.28. The van der Waals surface area contributed by atoms with E-state index in [1.165, 1.54) is 19.3 Å². The number of nitrogens with one attached hydrogen (secondary N) is 1. The van der Waals surface area contributed by atoms with Crippen molar-refractivity contribution in [3.8, 4) is 0 Å². The molecule has 0 saturated heterocycles. The third-order valence-corrected chi connectivity index (χ3v) is 3.61. The predicted molar refractivity (Wildman–Crippen MR) is 70.9 cm³/mol. The van der Waals surface area contributed by atoms with Crippen LogP contribution in [0.25, 0.3) is 0 Å². The van der Waals surface area contributed by atoms with Gasteiger partial charge in [0, 0.05) is 12.6 Å². The molecular formula is C14H22N2O3. The van der Waals surface area contributed by atoms with Gasteiger partial charge in [0.15, 0.2) is 5.69 Å². The highest BCUT2D eigenvalue weighted by Gasteiger charge is 2.21. The molecule has 0 aromatic carbocycles. The highest BCUT2D eigenvalue weighted by Crippen LogP contribution is 2.25. The molecule has 106 valence electrons. The highest BCUT2D eigenvalue weighted by atomic mass is 16.5. The van der Waals surface area contributed by atoms with E-state index in [-0.39, 0.29) is 5.91 Å². The van der Waals surface area contributed by atoms with E-state index in [2.05, 4.69) is 17.4 Å². The zero-order valence-corrected chi connectivity index (χ0v) is 11.6. The number of carbonyl (C=O) groups is 1. The van der Waals surface area contributed by atoms with E-state index in [0.29, 0.717) is 36.6 Å². The van der Waals surface area contributed by atoms with Gasteiger partial charge in [-0.05, 0) is 25.7 Å². The van der Waals surface area contributed by atoms with E-state index in [1.54, 1.807) is 13.0 Å². The van der Waals surface area contributed by atoms with Crippen LogP contribution in [0.3, 0.4) is 0 Å². The molecular weight excluding hydrogens is 244 g/mol. The number of hydrogen-bond donors (Lipinski definition) is 1. The Labute approximate surface area is 113 Å². The molecule has 2 unspecified atom stereocenters. The smallest absolute Gasteiger partial charge is 0.273 e. The summed E-state index contributed by atoms with van der Waals surface area (Å²) < 4.78 is 10.7. The van der Waals surface area contributed by atoms with Crippen LogP contribution in [0.2, 0.25) is 0 Å². The predicted octanol–water partition coefficient (Wildman–Crippen LogP) is 2.31. The fourth-order valence-corrected chi connectivity index (χ4v) is 2.47. The Morgan fingerprint density at radius 1 is 1.53 bits per heavy atom. The lowest BCUT2D eigenvalue weighted by molar-refractivity contribution is -0.00296. The first-order valence-corrected chi connectivity index (χ1v) is 7.00. The first-order valence-electron chi connectivity index (χ1n) is 7.00. The average molecular weight is 266 g/mol. The van der Waals surface area contributed by atoms with Gasteiger partial charge in [-0.25, -0.2) is 0 Å². The summed E-state index contributed by atoms with van der Waals surface area (Å²) in [5, 5.41) is 6.45. The van der Waals surface area contributed by atoms with E-state index < -0.39 is 0 Å². The summed E-state index contributed by atoms with van der Waals surface area (Å²) in [6.07, 6.45) is 5.29. The number of aryl methyl sites for hydroxylation is 1. The maximum Gasteiger partial charge on any atom is 0.273 e. The number of amides is 1. The van der Waals surface area contributed by atoms with Crippen molar-refractivity contribution in [1.29, 1.82) is 0 Å². The molecule has 1 saturated carbocycles. The molecule has 1 aliphatic carbocycles. The third-order valence-electron chi connectivity index (χ3n) is 3.61. The Bertz CT molecular complexity index is 417. The van der Waals surface area contributed by atoms with Crippen molar-refractivity contribution < 1.29 is 14.1 Å². The van der Waals surface area contributed by atoms with Crippen molar-refractivity contribution in [2.75, 3.05) is 13.2 Å². The van der Waals surface area contributed by atoms with Crippen LogP contribution < -0.4 is 5.32 Å². The summed E-state index contributed by atoms with van der Waals surface area (Å²) >= 11 is 0. The molecule has 5 nitrogen and oxygen atoms in total. The molecule has 1 N–H and O–H groups in total. The second-order valence-electron chi connectivity index (χ2n) is 5.25. The fourth-order valence-electron chi connectivity index (χ4n) is 2.47. The number of hydrogen-bond acceptors (Lipinski definition) is 4. The molecule has 1 fully saturated rings. The molecule has 1 heterocycles. The van der Waals surface area contributed by atoms with Gasteiger partial charge in [-0.2, -0.15) is 0 Å². The summed E-state index contributed by atoms with van der Waals surface area (Å²) in [5.41, 5.74) is 0.323. The molecule has 1 amide bonds. The minimum absolute atomic E-state index is 0.211. The summed E-state index contributed by atoms with van der Waals surface area (Å²) in [5.74, 6) is 1.05. The molecule has 2 atom stereocenters. The lowest BCUT2D eigenvalue weighted by Crippen LogP contribution is -2.31. The first kappa shape index (κ1) is 14.1. The largest absolute Gasteiger partial charge is 0.376 e. The molecule has 1 aromatic rings. The maximum absolute atomic E-state index is 11.7. The summed E-state index contributed by atoms with van der Waals surface area (Å²) in [6, 6.07) is 1.62. The standard InChI is InChI=1S/C14H22N2O3/c1-10-5-3-4-6-13(10)18-8-7-15-14(17)12-9-11(2)19-16-12/h9-10,13H,3-8H2,1-2H3,(H,15,17). The van der Waals surface area contributed by atoms with Crippen LogP contribution in [0.1, 0.15) is 48.9 Å². The number of carbonyl (C=O) groups excluding carboxylic acids is 1. The van der Waals surface area contributed by atoms with Crippen LogP contribution in [0, 0.1) is 12.8 Å². The quantitative estimate of drug-likeness (QED) is 0.831. The minimum atomic E-state index is -0.211. The molecule has 0 spiro atoms. The van der Waals surface area contributed by atoms with Crippen LogP contribution in [-0.4, -0.2) is 30.3 Å². The lowest BCUT2D eigenvalue weighted by atomic mass is 9.88. The molecule has 0 radical (unpaired) electrons. The van der Waals surface area contributed by atoms with E-state index in [9.17, 15) is 4.79 Å². The van der Waals surface area contributed by atoms with Crippen molar-refractivity contribution in [2.24, 2.45) is 5.92 Å². The second-order valence-corrected chi connectivity index (χ2v) is 5.25. The molecule has 0 bridgehead atoms. The van der Waals surface area contributed by atoms with Crippen LogP contribution >= 0.6 is 0 Å². The van der Waals surface area contributed by atoms with E-state index in [0.717, 1.165) is 6.42 Å². The summed E-state index contributed by atoms with van der Waals surface area (Å²) in [4.78, 5) is 11.7. The third kappa shape index (κ3) is 4.06. The van der Waals surface area contributed by atoms with Crippen LogP contribution in [0.15, 0.2) is 10.6 Å². The van der Waals surface area contributed by atoms with Gasteiger partial charge >= 0.3 is 0 Å². The van der Waals surface area contributed by atoms with Gasteiger partial charge in [0.25, 0.3) is 5.91 Å². The Morgan fingerprint density at radius 2 is 2.32 bits per heavy atom. The molecule has 1 aromatic heterocycles. The van der Waals surface area contributed by atoms with Crippen molar-refractivity contribution in [3.05, 3.63) is 17.5 Å². The molecule has 19 heavy (non-hydrogen) atoms. The van der Waals surface area contributed by atoms with Gasteiger partial charge in [0.1, 0.15) is 5.76 Å². The second kappa shape index (κ2) is 6.70.